The molecule has 1 N–H and O–H groups in total. The van der Waals surface area contributed by atoms with E-state index in [1.165, 1.54) is 36.2 Å². The zero-order valence-corrected chi connectivity index (χ0v) is 14.9. The number of carbonyl (C=O) groups is 2. The molecule has 0 aliphatic heterocycles. The maximum absolute atomic E-state index is 12.6. The van der Waals surface area contributed by atoms with Gasteiger partial charge in [0.2, 0.25) is 5.43 Å². The van der Waals surface area contributed by atoms with Crippen LogP contribution in [-0.4, -0.2) is 28.8 Å². The number of anilines is 1. The van der Waals surface area contributed by atoms with Crippen LogP contribution in [0.1, 0.15) is 20.8 Å². The molecule has 27 heavy (non-hydrogen) atoms. The quantitative estimate of drug-likeness (QED) is 0.699. The number of esters is 1. The van der Waals surface area contributed by atoms with E-state index in [2.05, 4.69) is 10.4 Å². The number of ether oxygens (including phenoxy) is 1. The molecule has 0 atom stereocenters. The van der Waals surface area contributed by atoms with Gasteiger partial charge in [-0.25, -0.2) is 9.48 Å². The zero-order chi connectivity index (χ0) is 19.4. The summed E-state index contributed by atoms with van der Waals surface area (Å²) in [6.45, 7) is 0. The highest BCUT2D eigenvalue weighted by Crippen LogP contribution is 2.17. The molecule has 1 aromatic heterocycles. The second-order valence-electron chi connectivity index (χ2n) is 5.44. The van der Waals surface area contributed by atoms with Crippen molar-refractivity contribution in [3.8, 4) is 5.69 Å². The van der Waals surface area contributed by atoms with Crippen molar-refractivity contribution in [3.63, 3.8) is 0 Å². The van der Waals surface area contributed by atoms with Gasteiger partial charge in [0.05, 0.1) is 24.0 Å². The molecule has 0 radical (unpaired) electrons. The van der Waals surface area contributed by atoms with Crippen molar-refractivity contribution in [1.29, 1.82) is 0 Å². The summed E-state index contributed by atoms with van der Waals surface area (Å²) in [7, 11) is 1.24. The lowest BCUT2D eigenvalue weighted by molar-refractivity contribution is 0.0602. The van der Waals surface area contributed by atoms with Gasteiger partial charge >= 0.3 is 5.97 Å². The van der Waals surface area contributed by atoms with Crippen LogP contribution in [0.3, 0.4) is 0 Å². The standard InChI is InChI=1S/C19H14ClN3O4/c1-27-19(26)14-4-2-3-5-15(14)21-18(25)17-16(24)10-11-23(22-17)13-8-6-12(20)7-9-13/h2-11H,1H3,(H,21,25). The Morgan fingerprint density at radius 3 is 2.48 bits per heavy atom. The number of amides is 1. The Bertz CT molecular complexity index is 1060. The lowest BCUT2D eigenvalue weighted by atomic mass is 10.1. The van der Waals surface area contributed by atoms with Crippen LogP contribution in [0.5, 0.6) is 0 Å². The van der Waals surface area contributed by atoms with Crippen LogP contribution in [-0.2, 0) is 4.74 Å². The minimum absolute atomic E-state index is 0.169. The highest BCUT2D eigenvalue weighted by Gasteiger charge is 2.18. The van der Waals surface area contributed by atoms with E-state index in [0.717, 1.165) is 0 Å². The van der Waals surface area contributed by atoms with Crippen molar-refractivity contribution in [2.75, 3.05) is 12.4 Å². The normalized spacial score (nSPS) is 10.3. The van der Waals surface area contributed by atoms with Gasteiger partial charge < -0.3 is 10.1 Å². The molecular formula is C19H14ClN3O4. The van der Waals surface area contributed by atoms with Crippen LogP contribution in [0.15, 0.2) is 65.6 Å². The molecule has 0 fully saturated rings. The van der Waals surface area contributed by atoms with E-state index < -0.39 is 17.3 Å². The highest BCUT2D eigenvalue weighted by molar-refractivity contribution is 6.30. The van der Waals surface area contributed by atoms with Crippen molar-refractivity contribution in [2.24, 2.45) is 0 Å². The van der Waals surface area contributed by atoms with Gasteiger partial charge in [-0.15, -0.1) is 0 Å². The molecule has 0 aliphatic rings. The summed E-state index contributed by atoms with van der Waals surface area (Å²) in [5.74, 6) is -1.34. The van der Waals surface area contributed by atoms with E-state index in [1.54, 1.807) is 36.4 Å². The van der Waals surface area contributed by atoms with Crippen LogP contribution < -0.4 is 10.7 Å². The third-order valence-electron chi connectivity index (χ3n) is 3.70. The number of aromatic nitrogens is 2. The van der Waals surface area contributed by atoms with Gasteiger partial charge in [0.15, 0.2) is 5.69 Å². The average Bonchev–Trinajstić information content (AvgIpc) is 2.69. The van der Waals surface area contributed by atoms with Crippen LogP contribution in [0.2, 0.25) is 5.02 Å². The number of hydrogen-bond acceptors (Lipinski definition) is 5. The number of para-hydroxylation sites is 1. The monoisotopic (exact) mass is 383 g/mol. The lowest BCUT2D eigenvalue weighted by Crippen LogP contribution is -2.26. The predicted octanol–water partition coefficient (Wildman–Crippen LogP) is 2.92. The fraction of sp³-hybridized carbons (Fsp3) is 0.0526. The van der Waals surface area contributed by atoms with Crippen molar-refractivity contribution >= 4 is 29.2 Å². The topological polar surface area (TPSA) is 90.3 Å². The van der Waals surface area contributed by atoms with Crippen molar-refractivity contribution in [3.05, 3.63) is 87.3 Å². The zero-order valence-electron chi connectivity index (χ0n) is 14.2. The smallest absolute Gasteiger partial charge is 0.339 e. The molecule has 0 saturated heterocycles. The molecule has 3 rings (SSSR count). The minimum atomic E-state index is -0.736. The SMILES string of the molecule is COC(=O)c1ccccc1NC(=O)c1nn(-c2ccc(Cl)cc2)ccc1=O. The number of rotatable bonds is 4. The van der Waals surface area contributed by atoms with Gasteiger partial charge in [0.1, 0.15) is 0 Å². The first kappa shape index (κ1) is 18.3. The Kier molecular flexibility index (Phi) is 5.33. The number of hydrogen-bond donors (Lipinski definition) is 1. The first-order chi connectivity index (χ1) is 13.0. The van der Waals surface area contributed by atoms with E-state index in [0.29, 0.717) is 10.7 Å². The number of nitrogens with zero attached hydrogens (tertiary/aromatic N) is 2. The third kappa shape index (κ3) is 4.04. The second kappa shape index (κ2) is 7.84. The van der Waals surface area contributed by atoms with E-state index >= 15 is 0 Å². The molecule has 7 nitrogen and oxygen atoms in total. The van der Waals surface area contributed by atoms with E-state index in [4.69, 9.17) is 16.3 Å². The number of nitrogens with one attached hydrogen (secondary N) is 1. The predicted molar refractivity (Wildman–Crippen MR) is 101 cm³/mol. The van der Waals surface area contributed by atoms with Gasteiger partial charge in [0.25, 0.3) is 5.91 Å². The summed E-state index contributed by atoms with van der Waals surface area (Å²) in [5, 5.41) is 7.18. The Balaban J connectivity index is 1.94. The molecular weight excluding hydrogens is 370 g/mol. The molecule has 3 aromatic rings. The first-order valence-electron chi connectivity index (χ1n) is 7.84. The largest absolute Gasteiger partial charge is 0.465 e. The van der Waals surface area contributed by atoms with Gasteiger partial charge in [-0.1, -0.05) is 23.7 Å². The highest BCUT2D eigenvalue weighted by atomic mass is 35.5. The molecule has 1 heterocycles. The van der Waals surface area contributed by atoms with Gasteiger partial charge in [-0.05, 0) is 36.4 Å². The molecule has 0 saturated carbocycles. The summed E-state index contributed by atoms with van der Waals surface area (Å²) in [5.41, 5.74) is 0.156. The molecule has 0 spiro atoms. The lowest BCUT2D eigenvalue weighted by Gasteiger charge is -2.10. The minimum Gasteiger partial charge on any atom is -0.465 e. The Hall–Kier alpha value is -3.45. The summed E-state index contributed by atoms with van der Waals surface area (Å²) < 4.78 is 6.08. The van der Waals surface area contributed by atoms with Crippen LogP contribution in [0.25, 0.3) is 5.69 Å². The number of halogens is 1. The molecule has 8 heteroatoms. The summed E-state index contributed by atoms with van der Waals surface area (Å²) in [6.07, 6.45) is 1.45. The average molecular weight is 384 g/mol. The number of methoxy groups -OCH3 is 1. The van der Waals surface area contributed by atoms with Crippen LogP contribution in [0, 0.1) is 0 Å². The fourth-order valence-electron chi connectivity index (χ4n) is 2.36. The number of benzene rings is 2. The molecule has 1 amide bonds. The van der Waals surface area contributed by atoms with Gasteiger partial charge in [0, 0.05) is 17.3 Å². The summed E-state index contributed by atoms with van der Waals surface area (Å²) in [4.78, 5) is 36.5. The molecule has 0 aliphatic carbocycles. The van der Waals surface area contributed by atoms with Gasteiger partial charge in [-0.2, -0.15) is 5.10 Å². The summed E-state index contributed by atoms with van der Waals surface area (Å²) in [6, 6.07) is 14.3. The third-order valence-corrected chi connectivity index (χ3v) is 3.95. The molecule has 0 unspecified atom stereocenters. The molecule has 2 aromatic carbocycles. The number of carbonyl (C=O) groups excluding carboxylic acids is 2. The van der Waals surface area contributed by atoms with Crippen molar-refractivity contribution in [2.45, 2.75) is 0 Å². The molecule has 0 bridgehead atoms. The Labute approximate surface area is 159 Å². The Morgan fingerprint density at radius 2 is 1.78 bits per heavy atom. The second-order valence-corrected chi connectivity index (χ2v) is 5.88. The summed E-state index contributed by atoms with van der Waals surface area (Å²) >= 11 is 5.87. The maximum Gasteiger partial charge on any atom is 0.339 e. The van der Waals surface area contributed by atoms with E-state index in [9.17, 15) is 14.4 Å². The van der Waals surface area contributed by atoms with Crippen molar-refractivity contribution < 1.29 is 14.3 Å². The van der Waals surface area contributed by atoms with Crippen LogP contribution in [0.4, 0.5) is 5.69 Å². The molecule has 136 valence electrons. The van der Waals surface area contributed by atoms with Crippen LogP contribution >= 0.6 is 11.6 Å². The maximum atomic E-state index is 12.6. The fourth-order valence-corrected chi connectivity index (χ4v) is 2.49. The van der Waals surface area contributed by atoms with Gasteiger partial charge in [-0.3, -0.25) is 9.59 Å². The first-order valence-corrected chi connectivity index (χ1v) is 8.22. The van der Waals surface area contributed by atoms with E-state index in [-0.39, 0.29) is 16.9 Å². The Morgan fingerprint density at radius 1 is 1.07 bits per heavy atom. The van der Waals surface area contributed by atoms with E-state index in [1.807, 2.05) is 0 Å². The van der Waals surface area contributed by atoms with Crippen molar-refractivity contribution in [1.82, 2.24) is 9.78 Å².